The average molecular weight is 434 g/mol. The van der Waals surface area contributed by atoms with Crippen LogP contribution in [0.15, 0.2) is 46.3 Å². The molecule has 0 radical (unpaired) electrons. The number of nitrogens with zero attached hydrogens (tertiary/aromatic N) is 4. The molecule has 0 atom stereocenters. The number of rotatable bonds is 3. The first-order valence-electron chi connectivity index (χ1n) is 10.3. The van der Waals surface area contributed by atoms with E-state index in [1.54, 1.807) is 0 Å². The van der Waals surface area contributed by atoms with E-state index in [4.69, 9.17) is 10.3 Å². The van der Waals surface area contributed by atoms with Crippen LogP contribution in [0.5, 0.6) is 0 Å². The molecule has 1 aliphatic heterocycles. The third-order valence-electron chi connectivity index (χ3n) is 6.22. The van der Waals surface area contributed by atoms with Gasteiger partial charge >= 0.3 is 0 Å². The van der Waals surface area contributed by atoms with Gasteiger partial charge in [-0.05, 0) is 38.3 Å². The molecule has 7 nitrogen and oxygen atoms in total. The lowest BCUT2D eigenvalue weighted by atomic mass is 9.70. The molecule has 1 saturated heterocycles. The quantitative estimate of drug-likeness (QED) is 0.522. The van der Waals surface area contributed by atoms with Gasteiger partial charge in [0.1, 0.15) is 0 Å². The molecular formula is C23H23N5O2S. The second-order valence-electron chi connectivity index (χ2n) is 8.07. The molecule has 31 heavy (non-hydrogen) atoms. The van der Waals surface area contributed by atoms with Crippen LogP contribution in [0.1, 0.15) is 45.8 Å². The van der Waals surface area contributed by atoms with Crippen LogP contribution in [0.3, 0.4) is 0 Å². The molecule has 1 aliphatic rings. The van der Waals surface area contributed by atoms with Crippen molar-refractivity contribution < 1.29 is 9.32 Å². The standard InChI is InChI=1S/C23H23N5O2S/c1-14-12-17(19-15(2)27-30-20(19)25-14)21(29)28-10-8-23(9-11-28,16-6-4-3-5-7-16)18-13-31-22(24)26-18/h3-7,12-13H,8-11H2,1-2H3,(H2,24,26). The summed E-state index contributed by atoms with van der Waals surface area (Å²) in [6.07, 6.45) is 1.56. The molecule has 1 aromatic carbocycles. The van der Waals surface area contributed by atoms with E-state index < -0.39 is 0 Å². The fourth-order valence-electron chi connectivity index (χ4n) is 4.61. The van der Waals surface area contributed by atoms with Crippen molar-refractivity contribution in [3.05, 3.63) is 70.0 Å². The Labute approximate surface area is 183 Å². The van der Waals surface area contributed by atoms with Gasteiger partial charge in [0, 0.05) is 29.6 Å². The highest BCUT2D eigenvalue weighted by molar-refractivity contribution is 7.13. The van der Waals surface area contributed by atoms with Crippen LogP contribution in [0.2, 0.25) is 0 Å². The normalized spacial score (nSPS) is 16.0. The Morgan fingerprint density at radius 2 is 1.90 bits per heavy atom. The summed E-state index contributed by atoms with van der Waals surface area (Å²) < 4.78 is 5.31. The minimum Gasteiger partial charge on any atom is -0.375 e. The predicted octanol–water partition coefficient (Wildman–Crippen LogP) is 4.10. The number of aryl methyl sites for hydroxylation is 2. The van der Waals surface area contributed by atoms with Gasteiger partial charge in [0.25, 0.3) is 11.6 Å². The number of aromatic nitrogens is 3. The monoisotopic (exact) mass is 433 g/mol. The van der Waals surface area contributed by atoms with Crippen LogP contribution in [0, 0.1) is 13.8 Å². The molecule has 158 valence electrons. The molecule has 1 fully saturated rings. The third-order valence-corrected chi connectivity index (χ3v) is 6.89. The van der Waals surface area contributed by atoms with Crippen LogP contribution in [0.4, 0.5) is 5.13 Å². The minimum absolute atomic E-state index is 0.0127. The highest BCUT2D eigenvalue weighted by Crippen LogP contribution is 2.42. The number of carbonyl (C=O) groups is 1. The van der Waals surface area contributed by atoms with Crippen molar-refractivity contribution in [3.63, 3.8) is 0 Å². The number of fused-ring (bicyclic) bond motifs is 1. The number of hydrogen-bond donors (Lipinski definition) is 1. The molecule has 4 heterocycles. The Hall–Kier alpha value is -3.26. The smallest absolute Gasteiger partial charge is 0.258 e. The minimum atomic E-state index is -0.247. The second kappa shape index (κ2) is 7.46. The highest BCUT2D eigenvalue weighted by Gasteiger charge is 2.41. The number of amides is 1. The van der Waals surface area contributed by atoms with Gasteiger partial charge in [0.2, 0.25) is 0 Å². The maximum absolute atomic E-state index is 13.5. The molecule has 0 aliphatic carbocycles. The van der Waals surface area contributed by atoms with Crippen molar-refractivity contribution in [2.24, 2.45) is 0 Å². The van der Waals surface area contributed by atoms with E-state index in [2.05, 4.69) is 44.8 Å². The summed E-state index contributed by atoms with van der Waals surface area (Å²) in [5.74, 6) is -0.0127. The molecule has 5 rings (SSSR count). The number of pyridine rings is 1. The Morgan fingerprint density at radius 3 is 2.58 bits per heavy atom. The lowest BCUT2D eigenvalue weighted by Gasteiger charge is -2.41. The van der Waals surface area contributed by atoms with Crippen LogP contribution in [-0.4, -0.2) is 39.0 Å². The van der Waals surface area contributed by atoms with E-state index in [-0.39, 0.29) is 11.3 Å². The molecule has 4 aromatic rings. The second-order valence-corrected chi connectivity index (χ2v) is 8.96. The molecule has 0 bridgehead atoms. The summed E-state index contributed by atoms with van der Waals surface area (Å²) in [4.78, 5) is 24.4. The van der Waals surface area contributed by atoms with Gasteiger partial charge in [-0.15, -0.1) is 11.3 Å². The summed E-state index contributed by atoms with van der Waals surface area (Å²) in [5.41, 5.74) is 10.4. The molecule has 2 N–H and O–H groups in total. The van der Waals surface area contributed by atoms with Crippen LogP contribution >= 0.6 is 11.3 Å². The fraction of sp³-hybridized carbons (Fsp3) is 0.304. The Bertz CT molecular complexity index is 1260. The van der Waals surface area contributed by atoms with Crippen molar-refractivity contribution in [2.45, 2.75) is 32.1 Å². The molecule has 0 spiro atoms. The Morgan fingerprint density at radius 1 is 1.16 bits per heavy atom. The van der Waals surface area contributed by atoms with Crippen molar-refractivity contribution in [1.82, 2.24) is 20.0 Å². The van der Waals surface area contributed by atoms with Crippen molar-refractivity contribution in [3.8, 4) is 0 Å². The summed E-state index contributed by atoms with van der Waals surface area (Å²) in [6, 6.07) is 12.2. The zero-order valence-corrected chi connectivity index (χ0v) is 18.3. The molecule has 3 aromatic heterocycles. The molecule has 1 amide bonds. The van der Waals surface area contributed by atoms with Gasteiger partial charge in [0.15, 0.2) is 5.13 Å². The largest absolute Gasteiger partial charge is 0.375 e. The molecular weight excluding hydrogens is 410 g/mol. The van der Waals surface area contributed by atoms with Crippen molar-refractivity contribution in [2.75, 3.05) is 18.8 Å². The average Bonchev–Trinajstić information content (AvgIpc) is 3.39. The van der Waals surface area contributed by atoms with E-state index in [0.717, 1.165) is 24.2 Å². The van der Waals surface area contributed by atoms with Gasteiger partial charge < -0.3 is 15.2 Å². The summed E-state index contributed by atoms with van der Waals surface area (Å²) in [6.45, 7) is 4.94. The number of benzene rings is 1. The summed E-state index contributed by atoms with van der Waals surface area (Å²) >= 11 is 1.46. The zero-order chi connectivity index (χ0) is 21.6. The maximum Gasteiger partial charge on any atom is 0.258 e. The van der Waals surface area contributed by atoms with Gasteiger partial charge in [-0.25, -0.2) is 9.97 Å². The number of anilines is 1. The van der Waals surface area contributed by atoms with E-state index >= 15 is 0 Å². The van der Waals surface area contributed by atoms with E-state index in [1.165, 1.54) is 16.9 Å². The number of nitrogen functional groups attached to an aromatic ring is 1. The van der Waals surface area contributed by atoms with Crippen LogP contribution < -0.4 is 5.73 Å². The fourth-order valence-corrected chi connectivity index (χ4v) is 5.27. The van der Waals surface area contributed by atoms with E-state index in [1.807, 2.05) is 30.9 Å². The number of nitrogens with two attached hydrogens (primary N) is 1. The van der Waals surface area contributed by atoms with Gasteiger partial charge in [-0.1, -0.05) is 35.5 Å². The van der Waals surface area contributed by atoms with Crippen molar-refractivity contribution >= 4 is 33.5 Å². The predicted molar refractivity (Wildman–Crippen MR) is 120 cm³/mol. The lowest BCUT2D eigenvalue weighted by Crippen LogP contribution is -2.46. The summed E-state index contributed by atoms with van der Waals surface area (Å²) in [7, 11) is 0. The molecule has 0 unspecified atom stereocenters. The van der Waals surface area contributed by atoms with Gasteiger partial charge in [0.05, 0.1) is 22.3 Å². The highest BCUT2D eigenvalue weighted by atomic mass is 32.1. The Kier molecular flexibility index (Phi) is 4.74. The van der Waals surface area contributed by atoms with Gasteiger partial charge in [-0.2, -0.15) is 0 Å². The van der Waals surface area contributed by atoms with E-state index in [0.29, 0.717) is 40.6 Å². The maximum atomic E-state index is 13.5. The number of carbonyl (C=O) groups excluding carboxylic acids is 1. The van der Waals surface area contributed by atoms with Crippen molar-refractivity contribution in [1.29, 1.82) is 0 Å². The molecule has 0 saturated carbocycles. The number of hydrogen-bond acceptors (Lipinski definition) is 7. The van der Waals surface area contributed by atoms with Crippen LogP contribution in [0.25, 0.3) is 11.1 Å². The Balaban J connectivity index is 1.48. The third kappa shape index (κ3) is 3.27. The molecule has 8 heteroatoms. The topological polar surface area (TPSA) is 98.1 Å². The first-order chi connectivity index (χ1) is 15.0. The first-order valence-corrected chi connectivity index (χ1v) is 11.2. The number of likely N-dealkylation sites (tertiary alicyclic amines) is 1. The number of piperidine rings is 1. The van der Waals surface area contributed by atoms with Crippen LogP contribution in [-0.2, 0) is 5.41 Å². The lowest BCUT2D eigenvalue weighted by molar-refractivity contribution is 0.0686. The first kappa shape index (κ1) is 19.7. The zero-order valence-electron chi connectivity index (χ0n) is 17.5. The van der Waals surface area contributed by atoms with E-state index in [9.17, 15) is 4.79 Å². The SMILES string of the molecule is Cc1cc(C(=O)N2CCC(c3ccccc3)(c3csc(N)n3)CC2)c2c(C)noc2n1. The summed E-state index contributed by atoms with van der Waals surface area (Å²) in [5, 5.41) is 7.32. The van der Waals surface area contributed by atoms with Gasteiger partial charge in [-0.3, -0.25) is 4.79 Å². The number of thiazole rings is 1.